The Labute approximate surface area is 172 Å². The SMILES string of the molecule is C/C=N\SC(C(=O)N1CCCC(n2c(=O)[nH]c3cnc4[nH]ccc4c32)C1)=C(C)C. The largest absolute Gasteiger partial charge is 0.346 e. The molecule has 29 heavy (non-hydrogen) atoms. The van der Waals surface area contributed by atoms with E-state index in [4.69, 9.17) is 0 Å². The Morgan fingerprint density at radius 2 is 2.24 bits per heavy atom. The number of nitrogens with zero attached hydrogens (tertiary/aromatic N) is 4. The molecule has 152 valence electrons. The summed E-state index contributed by atoms with van der Waals surface area (Å²) < 4.78 is 5.97. The number of piperidine rings is 1. The normalized spacial score (nSPS) is 17.5. The summed E-state index contributed by atoms with van der Waals surface area (Å²) >= 11 is 1.21. The molecular formula is C20H24N6O2S. The van der Waals surface area contributed by atoms with E-state index in [-0.39, 0.29) is 17.6 Å². The fourth-order valence-electron chi connectivity index (χ4n) is 3.91. The number of imidazole rings is 1. The molecule has 0 aromatic carbocycles. The molecule has 1 unspecified atom stereocenters. The Morgan fingerprint density at radius 1 is 1.41 bits per heavy atom. The molecule has 4 rings (SSSR count). The zero-order valence-corrected chi connectivity index (χ0v) is 17.5. The zero-order valence-electron chi connectivity index (χ0n) is 16.7. The predicted molar refractivity (Wildman–Crippen MR) is 117 cm³/mol. The van der Waals surface area contributed by atoms with Crippen LogP contribution >= 0.6 is 11.9 Å². The van der Waals surface area contributed by atoms with Gasteiger partial charge in [-0.25, -0.2) is 14.2 Å². The van der Waals surface area contributed by atoms with Crippen molar-refractivity contribution in [3.8, 4) is 0 Å². The topological polar surface area (TPSA) is 99.1 Å². The molecule has 0 aliphatic carbocycles. The summed E-state index contributed by atoms with van der Waals surface area (Å²) in [6, 6.07) is 1.84. The minimum atomic E-state index is -0.165. The number of likely N-dealkylation sites (tertiary alicyclic amines) is 1. The number of aromatic nitrogens is 4. The fourth-order valence-corrected chi connectivity index (χ4v) is 4.51. The average molecular weight is 413 g/mol. The summed E-state index contributed by atoms with van der Waals surface area (Å²) in [4.78, 5) is 38.8. The number of carbonyl (C=O) groups is 1. The van der Waals surface area contributed by atoms with Gasteiger partial charge < -0.3 is 14.9 Å². The van der Waals surface area contributed by atoms with Crippen molar-refractivity contribution in [2.75, 3.05) is 13.1 Å². The minimum absolute atomic E-state index is 0.0216. The highest BCUT2D eigenvalue weighted by Crippen LogP contribution is 2.30. The first kappa shape index (κ1) is 19.5. The van der Waals surface area contributed by atoms with E-state index < -0.39 is 0 Å². The number of H-pyrrole nitrogens is 2. The van der Waals surface area contributed by atoms with Crippen LogP contribution in [-0.2, 0) is 4.79 Å². The quantitative estimate of drug-likeness (QED) is 0.390. The number of carbonyl (C=O) groups excluding carboxylic acids is 1. The van der Waals surface area contributed by atoms with Gasteiger partial charge in [-0.05, 0) is 39.7 Å². The van der Waals surface area contributed by atoms with Crippen LogP contribution in [0.25, 0.3) is 22.1 Å². The number of hydrogen-bond acceptors (Lipinski definition) is 5. The van der Waals surface area contributed by atoms with Gasteiger partial charge in [0.1, 0.15) is 5.65 Å². The third-order valence-electron chi connectivity index (χ3n) is 5.21. The van der Waals surface area contributed by atoms with Crippen LogP contribution in [-0.4, -0.2) is 49.6 Å². The Kier molecular flexibility index (Phi) is 5.31. The van der Waals surface area contributed by atoms with Crippen LogP contribution in [0.4, 0.5) is 0 Å². The monoisotopic (exact) mass is 412 g/mol. The molecule has 0 spiro atoms. The summed E-state index contributed by atoms with van der Waals surface area (Å²) in [5.74, 6) is -0.0216. The highest BCUT2D eigenvalue weighted by Gasteiger charge is 2.29. The lowest BCUT2D eigenvalue weighted by Gasteiger charge is -2.33. The smallest absolute Gasteiger partial charge is 0.326 e. The number of amides is 1. The van der Waals surface area contributed by atoms with Crippen LogP contribution in [0.15, 0.2) is 38.1 Å². The van der Waals surface area contributed by atoms with Gasteiger partial charge >= 0.3 is 5.69 Å². The number of aromatic amines is 2. The minimum Gasteiger partial charge on any atom is -0.346 e. The second kappa shape index (κ2) is 7.90. The first-order chi connectivity index (χ1) is 14.0. The second-order valence-electron chi connectivity index (χ2n) is 7.39. The summed E-state index contributed by atoms with van der Waals surface area (Å²) in [5.41, 5.74) is 3.07. The Balaban J connectivity index is 1.70. The van der Waals surface area contributed by atoms with E-state index in [2.05, 4.69) is 19.3 Å². The third kappa shape index (κ3) is 3.50. The molecule has 9 heteroatoms. The van der Waals surface area contributed by atoms with E-state index >= 15 is 0 Å². The van der Waals surface area contributed by atoms with Crippen molar-refractivity contribution in [1.82, 2.24) is 24.4 Å². The summed E-state index contributed by atoms with van der Waals surface area (Å²) in [6.07, 6.45) is 6.87. The van der Waals surface area contributed by atoms with E-state index in [1.54, 1.807) is 17.0 Å². The molecular weight excluding hydrogens is 388 g/mol. The summed E-state index contributed by atoms with van der Waals surface area (Å²) in [7, 11) is 0. The highest BCUT2D eigenvalue weighted by molar-refractivity contribution is 8.02. The van der Waals surface area contributed by atoms with Crippen molar-refractivity contribution in [1.29, 1.82) is 0 Å². The maximum atomic E-state index is 13.1. The van der Waals surface area contributed by atoms with Crippen LogP contribution in [0, 0.1) is 0 Å². The number of allylic oxidation sites excluding steroid dienone is 1. The molecule has 0 saturated carbocycles. The molecule has 1 amide bonds. The van der Waals surface area contributed by atoms with Crippen LogP contribution in [0.2, 0.25) is 0 Å². The Bertz CT molecular complexity index is 1180. The third-order valence-corrected chi connectivity index (χ3v) is 6.29. The molecule has 8 nitrogen and oxygen atoms in total. The van der Waals surface area contributed by atoms with Gasteiger partial charge in [0.05, 0.1) is 28.2 Å². The van der Waals surface area contributed by atoms with E-state index in [0.29, 0.717) is 23.5 Å². The van der Waals surface area contributed by atoms with Crippen LogP contribution in [0.3, 0.4) is 0 Å². The van der Waals surface area contributed by atoms with Gasteiger partial charge in [-0.1, -0.05) is 5.57 Å². The van der Waals surface area contributed by atoms with E-state index in [1.807, 2.05) is 37.9 Å². The van der Waals surface area contributed by atoms with Crippen LogP contribution in [0.1, 0.15) is 39.7 Å². The lowest BCUT2D eigenvalue weighted by Crippen LogP contribution is -2.42. The lowest BCUT2D eigenvalue weighted by molar-refractivity contribution is -0.128. The first-order valence-electron chi connectivity index (χ1n) is 9.69. The maximum absolute atomic E-state index is 13.1. The molecule has 3 aromatic rings. The van der Waals surface area contributed by atoms with Gasteiger partial charge in [-0.3, -0.25) is 9.36 Å². The summed E-state index contributed by atoms with van der Waals surface area (Å²) in [5, 5.41) is 0.905. The number of fused-ring (bicyclic) bond motifs is 3. The molecule has 0 bridgehead atoms. The average Bonchev–Trinajstić information content (AvgIpc) is 3.31. The zero-order chi connectivity index (χ0) is 20.5. The van der Waals surface area contributed by atoms with Gasteiger partial charge in [0.2, 0.25) is 0 Å². The predicted octanol–water partition coefficient (Wildman–Crippen LogP) is 3.40. The van der Waals surface area contributed by atoms with Gasteiger partial charge in [0.25, 0.3) is 5.91 Å². The van der Waals surface area contributed by atoms with Crippen LogP contribution < -0.4 is 5.69 Å². The molecule has 2 N–H and O–H groups in total. The molecule has 1 saturated heterocycles. The highest BCUT2D eigenvalue weighted by atomic mass is 32.2. The number of hydrogen-bond donors (Lipinski definition) is 2. The molecule has 3 aromatic heterocycles. The number of pyridine rings is 1. The van der Waals surface area contributed by atoms with Gasteiger partial charge in [0.15, 0.2) is 0 Å². The van der Waals surface area contributed by atoms with Crippen molar-refractivity contribution < 1.29 is 4.79 Å². The molecule has 0 radical (unpaired) electrons. The van der Waals surface area contributed by atoms with Crippen molar-refractivity contribution >= 4 is 46.1 Å². The molecule has 1 atom stereocenters. The molecule has 1 fully saturated rings. The Hall–Kier alpha value is -2.81. The van der Waals surface area contributed by atoms with Crippen molar-refractivity contribution in [3.63, 3.8) is 0 Å². The van der Waals surface area contributed by atoms with Gasteiger partial charge in [-0.15, -0.1) is 0 Å². The lowest BCUT2D eigenvalue weighted by atomic mass is 10.0. The number of nitrogens with one attached hydrogen (secondary N) is 2. The number of rotatable bonds is 4. The van der Waals surface area contributed by atoms with E-state index in [0.717, 1.165) is 35.0 Å². The second-order valence-corrected chi connectivity index (χ2v) is 8.19. The van der Waals surface area contributed by atoms with Crippen molar-refractivity contribution in [2.45, 2.75) is 39.7 Å². The maximum Gasteiger partial charge on any atom is 0.326 e. The van der Waals surface area contributed by atoms with Gasteiger partial charge in [0, 0.05) is 42.8 Å². The standard InChI is InChI=1S/C20H24N6O2S/c1-4-23-29-17(12(2)3)19(27)25-9-5-6-13(11-25)26-16-14-7-8-21-18(14)22-10-15(16)24-20(26)28/h4,7-8,10,13H,5-6,9,11H2,1-3H3,(H,21,22)(H,24,28)/b23-4-. The van der Waals surface area contributed by atoms with E-state index in [1.165, 1.54) is 11.9 Å². The van der Waals surface area contributed by atoms with Crippen molar-refractivity contribution in [2.24, 2.45) is 4.40 Å². The van der Waals surface area contributed by atoms with E-state index in [9.17, 15) is 9.59 Å². The van der Waals surface area contributed by atoms with Crippen LogP contribution in [0.5, 0.6) is 0 Å². The van der Waals surface area contributed by atoms with Gasteiger partial charge in [-0.2, -0.15) is 0 Å². The molecule has 1 aliphatic rings. The van der Waals surface area contributed by atoms with Crippen molar-refractivity contribution in [3.05, 3.63) is 39.4 Å². The Morgan fingerprint density at radius 3 is 3.00 bits per heavy atom. The molecule has 1 aliphatic heterocycles. The molecule has 4 heterocycles. The first-order valence-corrected chi connectivity index (χ1v) is 10.5. The summed E-state index contributed by atoms with van der Waals surface area (Å²) in [6.45, 7) is 6.85. The fraction of sp³-hybridized carbons (Fsp3) is 0.400.